The van der Waals surface area contributed by atoms with Crippen LogP contribution in [0.3, 0.4) is 0 Å². The van der Waals surface area contributed by atoms with E-state index in [9.17, 15) is 19.7 Å². The van der Waals surface area contributed by atoms with Gasteiger partial charge in [-0.1, -0.05) is 6.07 Å². The van der Waals surface area contributed by atoms with Gasteiger partial charge in [-0.25, -0.2) is 0 Å². The van der Waals surface area contributed by atoms with Gasteiger partial charge in [-0.3, -0.25) is 19.7 Å². The molecule has 0 bridgehead atoms. The van der Waals surface area contributed by atoms with E-state index in [1.807, 2.05) is 0 Å². The molecule has 0 atom stereocenters. The minimum atomic E-state index is -0.534. The number of nitrogens with one attached hydrogen (secondary N) is 2. The van der Waals surface area contributed by atoms with Crippen molar-refractivity contribution in [2.24, 2.45) is 0 Å². The van der Waals surface area contributed by atoms with Gasteiger partial charge in [0.05, 0.1) is 11.0 Å². The standard InChI is InChI=1S/C18H17N3O5/c22-17(11-26-16-3-1-2-15(10-16)21(24)25)19-13-6-4-12(5-7-13)18(23)20-14-8-9-14/h1-7,10,14H,8-9,11H2,(H,19,22)(H,20,23). The van der Waals surface area contributed by atoms with Crippen molar-refractivity contribution in [2.45, 2.75) is 18.9 Å². The summed E-state index contributed by atoms with van der Waals surface area (Å²) < 4.78 is 5.26. The molecule has 1 fully saturated rings. The SMILES string of the molecule is O=C(COc1cccc([N+](=O)[O-])c1)Nc1ccc(C(=O)NC2CC2)cc1. The number of carbonyl (C=O) groups is 2. The fourth-order valence-corrected chi connectivity index (χ4v) is 2.23. The number of nitrogens with zero attached hydrogens (tertiary/aromatic N) is 1. The Balaban J connectivity index is 1.50. The zero-order chi connectivity index (χ0) is 18.5. The highest BCUT2D eigenvalue weighted by Gasteiger charge is 2.23. The zero-order valence-corrected chi connectivity index (χ0v) is 13.8. The quantitative estimate of drug-likeness (QED) is 0.586. The van der Waals surface area contributed by atoms with Crippen LogP contribution in [0, 0.1) is 10.1 Å². The number of hydrogen-bond acceptors (Lipinski definition) is 5. The maximum atomic E-state index is 11.9. The maximum absolute atomic E-state index is 11.9. The molecule has 3 rings (SSSR count). The van der Waals surface area contributed by atoms with Gasteiger partial charge >= 0.3 is 0 Å². The monoisotopic (exact) mass is 355 g/mol. The predicted molar refractivity (Wildman–Crippen MR) is 94.2 cm³/mol. The second-order valence-corrected chi connectivity index (χ2v) is 5.92. The van der Waals surface area contributed by atoms with Crippen LogP contribution in [0.4, 0.5) is 11.4 Å². The summed E-state index contributed by atoms with van der Waals surface area (Å²) in [7, 11) is 0. The van der Waals surface area contributed by atoms with Crippen LogP contribution in [0.15, 0.2) is 48.5 Å². The Hall–Kier alpha value is -3.42. The van der Waals surface area contributed by atoms with Crippen molar-refractivity contribution in [1.82, 2.24) is 5.32 Å². The third-order valence-corrected chi connectivity index (χ3v) is 3.74. The smallest absolute Gasteiger partial charge is 0.273 e. The van der Waals surface area contributed by atoms with Crippen LogP contribution in [-0.2, 0) is 4.79 Å². The summed E-state index contributed by atoms with van der Waals surface area (Å²) in [4.78, 5) is 34.0. The van der Waals surface area contributed by atoms with Crippen LogP contribution in [-0.4, -0.2) is 29.4 Å². The van der Waals surface area contributed by atoms with Crippen molar-refractivity contribution < 1.29 is 19.2 Å². The van der Waals surface area contributed by atoms with Crippen LogP contribution < -0.4 is 15.4 Å². The molecule has 134 valence electrons. The number of non-ortho nitro benzene ring substituents is 1. The molecule has 0 unspecified atom stereocenters. The normalized spacial score (nSPS) is 12.9. The average molecular weight is 355 g/mol. The number of ether oxygens (including phenoxy) is 1. The van der Waals surface area contributed by atoms with E-state index in [0.29, 0.717) is 11.3 Å². The van der Waals surface area contributed by atoms with Gasteiger partial charge < -0.3 is 15.4 Å². The van der Waals surface area contributed by atoms with Gasteiger partial charge in [0, 0.05) is 23.4 Å². The zero-order valence-electron chi connectivity index (χ0n) is 13.8. The molecule has 0 radical (unpaired) electrons. The lowest BCUT2D eigenvalue weighted by atomic mass is 10.2. The highest BCUT2D eigenvalue weighted by Crippen LogP contribution is 2.20. The summed E-state index contributed by atoms with van der Waals surface area (Å²) >= 11 is 0. The fraction of sp³-hybridized carbons (Fsp3) is 0.222. The van der Waals surface area contributed by atoms with Crippen LogP contribution in [0.5, 0.6) is 5.75 Å². The fourth-order valence-electron chi connectivity index (χ4n) is 2.23. The van der Waals surface area contributed by atoms with Gasteiger partial charge in [-0.2, -0.15) is 0 Å². The third-order valence-electron chi connectivity index (χ3n) is 3.74. The highest BCUT2D eigenvalue weighted by molar-refractivity contribution is 5.96. The van der Waals surface area contributed by atoms with E-state index in [4.69, 9.17) is 4.74 Å². The molecule has 1 aliphatic rings. The molecule has 0 aliphatic heterocycles. The van der Waals surface area contributed by atoms with Gasteiger partial charge in [0.2, 0.25) is 0 Å². The van der Waals surface area contributed by atoms with E-state index >= 15 is 0 Å². The van der Waals surface area contributed by atoms with E-state index in [2.05, 4.69) is 10.6 Å². The molecule has 26 heavy (non-hydrogen) atoms. The average Bonchev–Trinajstić information content (AvgIpc) is 3.45. The lowest BCUT2D eigenvalue weighted by Crippen LogP contribution is -2.25. The van der Waals surface area contributed by atoms with Crippen molar-refractivity contribution in [3.63, 3.8) is 0 Å². The first-order chi connectivity index (χ1) is 12.5. The Morgan fingerprint density at radius 1 is 1.15 bits per heavy atom. The second-order valence-electron chi connectivity index (χ2n) is 5.92. The van der Waals surface area contributed by atoms with Crippen molar-refractivity contribution in [2.75, 3.05) is 11.9 Å². The van der Waals surface area contributed by atoms with Gasteiger partial charge in [-0.05, 0) is 43.2 Å². The molecule has 0 spiro atoms. The number of amides is 2. The van der Waals surface area contributed by atoms with E-state index in [1.165, 1.54) is 24.3 Å². The number of hydrogen-bond donors (Lipinski definition) is 2. The predicted octanol–water partition coefficient (Wildman–Crippen LogP) is 2.50. The summed E-state index contributed by atoms with van der Waals surface area (Å²) in [6.45, 7) is -0.287. The van der Waals surface area contributed by atoms with E-state index < -0.39 is 10.8 Å². The molecule has 8 heteroatoms. The van der Waals surface area contributed by atoms with Gasteiger partial charge in [-0.15, -0.1) is 0 Å². The molecule has 2 amide bonds. The summed E-state index contributed by atoms with van der Waals surface area (Å²) in [5.74, 6) is -0.299. The van der Waals surface area contributed by atoms with E-state index in [1.54, 1.807) is 24.3 Å². The summed E-state index contributed by atoms with van der Waals surface area (Å²) in [6, 6.07) is 12.4. The van der Waals surface area contributed by atoms with Gasteiger partial charge in [0.1, 0.15) is 5.75 Å². The maximum Gasteiger partial charge on any atom is 0.273 e. The summed E-state index contributed by atoms with van der Waals surface area (Å²) in [5.41, 5.74) is 0.950. The minimum Gasteiger partial charge on any atom is -0.484 e. The minimum absolute atomic E-state index is 0.108. The largest absolute Gasteiger partial charge is 0.484 e. The molecule has 0 aromatic heterocycles. The Morgan fingerprint density at radius 2 is 1.88 bits per heavy atom. The summed E-state index contributed by atoms with van der Waals surface area (Å²) in [6.07, 6.45) is 2.04. The van der Waals surface area contributed by atoms with Crippen molar-refractivity contribution >= 4 is 23.2 Å². The second kappa shape index (κ2) is 7.64. The van der Waals surface area contributed by atoms with Crippen molar-refractivity contribution in [3.05, 3.63) is 64.2 Å². The van der Waals surface area contributed by atoms with Crippen LogP contribution in [0.25, 0.3) is 0 Å². The Labute approximate surface area is 149 Å². The Morgan fingerprint density at radius 3 is 2.54 bits per heavy atom. The van der Waals surface area contributed by atoms with Gasteiger partial charge in [0.15, 0.2) is 6.61 Å². The Kier molecular flexibility index (Phi) is 5.12. The summed E-state index contributed by atoms with van der Waals surface area (Å²) in [5, 5.41) is 16.2. The molecule has 1 saturated carbocycles. The molecule has 2 N–H and O–H groups in total. The number of rotatable bonds is 7. The molecule has 2 aromatic carbocycles. The molecule has 8 nitrogen and oxygen atoms in total. The first kappa shape index (κ1) is 17.4. The molecule has 0 saturated heterocycles. The van der Waals surface area contributed by atoms with Crippen molar-refractivity contribution in [3.8, 4) is 5.75 Å². The molecular weight excluding hydrogens is 338 g/mol. The number of nitro benzene ring substituents is 1. The molecular formula is C18H17N3O5. The van der Waals surface area contributed by atoms with Crippen molar-refractivity contribution in [1.29, 1.82) is 0 Å². The van der Waals surface area contributed by atoms with Gasteiger partial charge in [0.25, 0.3) is 17.5 Å². The number of carbonyl (C=O) groups excluding carboxylic acids is 2. The third kappa shape index (κ3) is 4.79. The number of nitro groups is 1. The van der Waals surface area contributed by atoms with E-state index in [-0.39, 0.29) is 30.0 Å². The highest BCUT2D eigenvalue weighted by atomic mass is 16.6. The number of benzene rings is 2. The molecule has 0 heterocycles. The topological polar surface area (TPSA) is 111 Å². The first-order valence-electron chi connectivity index (χ1n) is 8.09. The molecule has 2 aromatic rings. The van der Waals surface area contributed by atoms with E-state index in [0.717, 1.165) is 12.8 Å². The first-order valence-corrected chi connectivity index (χ1v) is 8.09. The lowest BCUT2D eigenvalue weighted by Gasteiger charge is -2.08. The molecule has 1 aliphatic carbocycles. The lowest BCUT2D eigenvalue weighted by molar-refractivity contribution is -0.384. The van der Waals surface area contributed by atoms with Crippen LogP contribution in [0.1, 0.15) is 23.2 Å². The van der Waals surface area contributed by atoms with Crippen LogP contribution in [0.2, 0.25) is 0 Å². The van der Waals surface area contributed by atoms with Crippen LogP contribution >= 0.6 is 0 Å². The Bertz CT molecular complexity index is 831. The number of anilines is 1.